The summed E-state index contributed by atoms with van der Waals surface area (Å²) in [6.45, 7) is 5.55. The van der Waals surface area contributed by atoms with Crippen LogP contribution in [0.2, 0.25) is 0 Å². The first-order valence-corrected chi connectivity index (χ1v) is 10.8. The first-order valence-electron chi connectivity index (χ1n) is 10.8. The van der Waals surface area contributed by atoms with Crippen LogP contribution in [0.5, 0.6) is 0 Å². The number of nitrogens with zero attached hydrogens (tertiary/aromatic N) is 3. The van der Waals surface area contributed by atoms with Gasteiger partial charge < -0.3 is 10.1 Å². The van der Waals surface area contributed by atoms with Crippen molar-refractivity contribution in [2.75, 3.05) is 18.5 Å². The van der Waals surface area contributed by atoms with Crippen LogP contribution in [-0.4, -0.2) is 34.1 Å². The maximum Gasteiger partial charge on any atom is 0.258 e. The highest BCUT2D eigenvalue weighted by atomic mass is 16.5. The van der Waals surface area contributed by atoms with E-state index in [1.165, 1.54) is 0 Å². The third kappa shape index (κ3) is 3.61. The predicted molar refractivity (Wildman–Crippen MR) is 119 cm³/mol. The molecule has 2 unspecified atom stereocenters. The molecule has 2 atom stereocenters. The highest BCUT2D eigenvalue weighted by Crippen LogP contribution is 2.60. The van der Waals surface area contributed by atoms with Gasteiger partial charge in [0.15, 0.2) is 0 Å². The number of pyridine rings is 1. The molecule has 1 amide bonds. The Balaban J connectivity index is 1.55. The number of hydrogen-bond acceptors (Lipinski definition) is 5. The summed E-state index contributed by atoms with van der Waals surface area (Å²) < 4.78 is 5.67. The molecule has 2 aliphatic rings. The van der Waals surface area contributed by atoms with Crippen LogP contribution in [0.25, 0.3) is 11.1 Å². The number of benzene rings is 1. The second-order valence-electron chi connectivity index (χ2n) is 8.77. The van der Waals surface area contributed by atoms with E-state index < -0.39 is 0 Å². The first kappa shape index (κ1) is 19.8. The summed E-state index contributed by atoms with van der Waals surface area (Å²) in [5, 5.41) is 3.17. The van der Waals surface area contributed by atoms with E-state index in [0.29, 0.717) is 11.5 Å². The van der Waals surface area contributed by atoms with E-state index in [9.17, 15) is 4.79 Å². The van der Waals surface area contributed by atoms with Gasteiger partial charge in [0.05, 0.1) is 23.6 Å². The summed E-state index contributed by atoms with van der Waals surface area (Å²) in [7, 11) is 0. The average molecular weight is 415 g/mol. The summed E-state index contributed by atoms with van der Waals surface area (Å²) in [4.78, 5) is 26.7. The van der Waals surface area contributed by atoms with Crippen LogP contribution < -0.4 is 5.32 Å². The average Bonchev–Trinajstić information content (AvgIpc) is 3.55. The van der Waals surface area contributed by atoms with Gasteiger partial charge >= 0.3 is 0 Å². The molecule has 6 heteroatoms. The van der Waals surface area contributed by atoms with E-state index in [4.69, 9.17) is 9.72 Å². The second kappa shape index (κ2) is 7.85. The molecule has 3 heterocycles. The topological polar surface area (TPSA) is 77.0 Å². The van der Waals surface area contributed by atoms with E-state index >= 15 is 0 Å². The molecule has 2 aromatic heterocycles. The van der Waals surface area contributed by atoms with Gasteiger partial charge in [0.25, 0.3) is 5.91 Å². The Morgan fingerprint density at radius 1 is 1.13 bits per heavy atom. The lowest BCUT2D eigenvalue weighted by molar-refractivity contribution is 0.0796. The number of carbonyl (C=O) groups excluding carboxylic acids is 1. The molecular formula is C25H26N4O2. The summed E-state index contributed by atoms with van der Waals surface area (Å²) >= 11 is 0. The van der Waals surface area contributed by atoms with Gasteiger partial charge in [-0.3, -0.25) is 9.78 Å². The molecule has 6 nitrogen and oxygen atoms in total. The van der Waals surface area contributed by atoms with Crippen molar-refractivity contribution in [1.82, 2.24) is 15.0 Å². The van der Waals surface area contributed by atoms with Crippen molar-refractivity contribution < 1.29 is 9.53 Å². The molecule has 1 aliphatic carbocycles. The van der Waals surface area contributed by atoms with Gasteiger partial charge in [-0.25, -0.2) is 9.97 Å². The Hall–Kier alpha value is -3.12. The SMILES string of the molecule is CC(C)c1ncc(C(=O)Nc2c(-c3ccccc3)ccnc2C23CCOCC2C3)cn1. The zero-order chi connectivity index (χ0) is 21.4. The number of anilines is 1. The monoisotopic (exact) mass is 414 g/mol. The number of amides is 1. The molecule has 1 aliphatic heterocycles. The lowest BCUT2D eigenvalue weighted by Crippen LogP contribution is -2.25. The van der Waals surface area contributed by atoms with Gasteiger partial charge in [-0.15, -0.1) is 0 Å². The van der Waals surface area contributed by atoms with Crippen molar-refractivity contribution >= 4 is 11.6 Å². The van der Waals surface area contributed by atoms with Crippen molar-refractivity contribution in [3.05, 3.63) is 72.1 Å². The number of fused-ring (bicyclic) bond motifs is 1. The zero-order valence-electron chi connectivity index (χ0n) is 17.8. The fourth-order valence-electron chi connectivity index (χ4n) is 4.56. The van der Waals surface area contributed by atoms with Gasteiger partial charge in [-0.1, -0.05) is 44.2 Å². The minimum absolute atomic E-state index is 0.0103. The third-order valence-electron chi connectivity index (χ3n) is 6.44. The third-order valence-corrected chi connectivity index (χ3v) is 6.44. The van der Waals surface area contributed by atoms with Crippen molar-refractivity contribution in [3.63, 3.8) is 0 Å². The smallest absolute Gasteiger partial charge is 0.258 e. The van der Waals surface area contributed by atoms with Gasteiger partial charge in [0.2, 0.25) is 0 Å². The summed E-state index contributed by atoms with van der Waals surface area (Å²) in [5.41, 5.74) is 4.21. The number of ether oxygens (including phenoxy) is 1. The van der Waals surface area contributed by atoms with Crippen molar-refractivity contribution in [2.45, 2.75) is 38.0 Å². The summed E-state index contributed by atoms with van der Waals surface area (Å²) in [5.74, 6) is 1.18. The lowest BCUT2D eigenvalue weighted by atomic mass is 9.89. The molecule has 0 radical (unpaired) electrons. The van der Waals surface area contributed by atoms with Crippen LogP contribution in [-0.2, 0) is 10.2 Å². The van der Waals surface area contributed by atoms with Crippen LogP contribution in [0.3, 0.4) is 0 Å². The number of carbonyl (C=O) groups is 1. The fourth-order valence-corrected chi connectivity index (χ4v) is 4.56. The number of nitrogens with one attached hydrogen (secondary N) is 1. The fraction of sp³-hybridized carbons (Fsp3) is 0.360. The summed E-state index contributed by atoms with van der Waals surface area (Å²) in [6, 6.07) is 12.1. The Morgan fingerprint density at radius 2 is 1.90 bits per heavy atom. The molecule has 158 valence electrons. The van der Waals surface area contributed by atoms with Crippen LogP contribution >= 0.6 is 0 Å². The van der Waals surface area contributed by atoms with Crippen LogP contribution in [0.15, 0.2) is 55.0 Å². The summed E-state index contributed by atoms with van der Waals surface area (Å²) in [6.07, 6.45) is 7.03. The minimum Gasteiger partial charge on any atom is -0.381 e. The first-order chi connectivity index (χ1) is 15.1. The van der Waals surface area contributed by atoms with E-state index in [1.807, 2.05) is 44.3 Å². The largest absolute Gasteiger partial charge is 0.381 e. The number of aromatic nitrogens is 3. The van der Waals surface area contributed by atoms with Crippen LogP contribution in [0.4, 0.5) is 5.69 Å². The van der Waals surface area contributed by atoms with Gasteiger partial charge in [-0.05, 0) is 30.4 Å². The van der Waals surface area contributed by atoms with E-state index in [1.54, 1.807) is 12.4 Å². The minimum atomic E-state index is -0.220. The Bertz CT molecular complexity index is 1100. The van der Waals surface area contributed by atoms with Crippen LogP contribution in [0, 0.1) is 5.92 Å². The van der Waals surface area contributed by atoms with Crippen molar-refractivity contribution in [3.8, 4) is 11.1 Å². The van der Waals surface area contributed by atoms with Gasteiger partial charge in [-0.2, -0.15) is 0 Å². The molecule has 1 aromatic carbocycles. The maximum absolute atomic E-state index is 13.2. The zero-order valence-corrected chi connectivity index (χ0v) is 17.8. The highest BCUT2D eigenvalue weighted by Gasteiger charge is 2.58. The van der Waals surface area contributed by atoms with Crippen LogP contribution in [0.1, 0.15) is 54.5 Å². The standard InChI is InChI=1S/C25H26N4O2/c1-16(2)23-27-13-18(14-28-23)24(30)29-21-20(17-6-4-3-5-7-17)8-10-26-22(21)25-9-11-31-15-19(25)12-25/h3-8,10,13-14,16,19H,9,11-12,15H2,1-2H3,(H,29,30). The number of rotatable bonds is 5. The molecule has 5 rings (SSSR count). The molecule has 3 aromatic rings. The molecule has 0 spiro atoms. The molecule has 31 heavy (non-hydrogen) atoms. The Kier molecular flexibility index (Phi) is 5.02. The highest BCUT2D eigenvalue weighted by molar-refractivity contribution is 6.06. The van der Waals surface area contributed by atoms with E-state index in [0.717, 1.165) is 54.4 Å². The molecule has 1 saturated heterocycles. The second-order valence-corrected chi connectivity index (χ2v) is 8.77. The molecular weight excluding hydrogens is 388 g/mol. The van der Waals surface area contributed by atoms with Crippen molar-refractivity contribution in [1.29, 1.82) is 0 Å². The van der Waals surface area contributed by atoms with Gasteiger partial charge in [0.1, 0.15) is 5.82 Å². The molecule has 2 fully saturated rings. The van der Waals surface area contributed by atoms with E-state index in [2.05, 4.69) is 27.4 Å². The van der Waals surface area contributed by atoms with Crippen molar-refractivity contribution in [2.24, 2.45) is 5.92 Å². The Labute approximate surface area is 182 Å². The maximum atomic E-state index is 13.2. The quantitative estimate of drug-likeness (QED) is 0.661. The number of hydrogen-bond donors (Lipinski definition) is 1. The molecule has 0 bridgehead atoms. The van der Waals surface area contributed by atoms with Gasteiger partial charge in [0, 0.05) is 42.1 Å². The Morgan fingerprint density at radius 3 is 2.61 bits per heavy atom. The predicted octanol–water partition coefficient (Wildman–Crippen LogP) is 4.59. The van der Waals surface area contributed by atoms with E-state index in [-0.39, 0.29) is 17.2 Å². The molecule has 1 N–H and O–H groups in total. The molecule has 1 saturated carbocycles. The normalized spacial score (nSPS) is 22.1. The lowest BCUT2D eigenvalue weighted by Gasteiger charge is -2.25.